The highest BCUT2D eigenvalue weighted by Crippen LogP contribution is 2.34. The SMILES string of the molecule is CS(=O)(=O)C1(C(=O)N(CCc2ccc(Cl)cc2)CC2CC2)CCNCC1. The molecular weight excluding hydrogens is 372 g/mol. The molecule has 1 aliphatic carbocycles. The number of nitrogens with zero attached hydrogens (tertiary/aromatic N) is 1. The number of benzene rings is 1. The van der Waals surface area contributed by atoms with E-state index in [1.165, 1.54) is 6.26 Å². The molecule has 0 atom stereocenters. The summed E-state index contributed by atoms with van der Waals surface area (Å²) in [5.74, 6) is 0.310. The molecule has 1 saturated heterocycles. The van der Waals surface area contributed by atoms with Gasteiger partial charge >= 0.3 is 0 Å². The normalized spacial score (nSPS) is 19.9. The molecule has 2 fully saturated rings. The van der Waals surface area contributed by atoms with Gasteiger partial charge in [-0.3, -0.25) is 4.79 Å². The Hall–Kier alpha value is -1.11. The monoisotopic (exact) mass is 398 g/mol. The Kier molecular flexibility index (Phi) is 5.94. The van der Waals surface area contributed by atoms with E-state index in [0.717, 1.165) is 18.4 Å². The van der Waals surface area contributed by atoms with E-state index in [4.69, 9.17) is 11.6 Å². The first-order valence-corrected chi connectivity index (χ1v) is 11.5. The van der Waals surface area contributed by atoms with Crippen molar-refractivity contribution in [2.45, 2.75) is 36.9 Å². The lowest BCUT2D eigenvalue weighted by atomic mass is 9.94. The first kappa shape index (κ1) is 19.6. The number of hydrogen-bond donors (Lipinski definition) is 1. The molecule has 26 heavy (non-hydrogen) atoms. The summed E-state index contributed by atoms with van der Waals surface area (Å²) in [6, 6.07) is 7.60. The maximum atomic E-state index is 13.4. The Bertz CT molecular complexity index is 739. The molecule has 1 saturated carbocycles. The van der Waals surface area contributed by atoms with Crippen LogP contribution in [-0.4, -0.2) is 56.4 Å². The van der Waals surface area contributed by atoms with Crippen LogP contribution in [-0.2, 0) is 21.1 Å². The highest BCUT2D eigenvalue weighted by atomic mass is 35.5. The first-order chi connectivity index (χ1) is 12.3. The van der Waals surface area contributed by atoms with Crippen molar-refractivity contribution in [3.05, 3.63) is 34.9 Å². The first-order valence-electron chi connectivity index (χ1n) is 9.26. The van der Waals surface area contributed by atoms with E-state index in [1.807, 2.05) is 24.3 Å². The van der Waals surface area contributed by atoms with Crippen molar-refractivity contribution in [1.29, 1.82) is 0 Å². The summed E-state index contributed by atoms with van der Waals surface area (Å²) >= 11 is 5.93. The summed E-state index contributed by atoms with van der Waals surface area (Å²) < 4.78 is 23.9. The molecule has 1 aromatic carbocycles. The van der Waals surface area contributed by atoms with Gasteiger partial charge in [-0.2, -0.15) is 0 Å². The van der Waals surface area contributed by atoms with Crippen LogP contribution in [0.4, 0.5) is 0 Å². The summed E-state index contributed by atoms with van der Waals surface area (Å²) in [5.41, 5.74) is 1.10. The minimum atomic E-state index is -3.48. The van der Waals surface area contributed by atoms with Crippen LogP contribution in [0.2, 0.25) is 5.02 Å². The van der Waals surface area contributed by atoms with Crippen molar-refractivity contribution in [1.82, 2.24) is 10.2 Å². The van der Waals surface area contributed by atoms with Gasteiger partial charge in [0.1, 0.15) is 0 Å². The highest BCUT2D eigenvalue weighted by Gasteiger charge is 2.50. The molecule has 3 rings (SSSR count). The Morgan fingerprint density at radius 3 is 2.38 bits per heavy atom. The molecule has 7 heteroatoms. The smallest absolute Gasteiger partial charge is 0.244 e. The summed E-state index contributed by atoms with van der Waals surface area (Å²) in [6.07, 6.45) is 4.87. The van der Waals surface area contributed by atoms with E-state index < -0.39 is 14.6 Å². The number of halogens is 1. The van der Waals surface area contributed by atoms with E-state index >= 15 is 0 Å². The lowest BCUT2D eigenvalue weighted by Crippen LogP contribution is -2.58. The fraction of sp³-hybridized carbons (Fsp3) is 0.632. The van der Waals surface area contributed by atoms with Crippen molar-refractivity contribution < 1.29 is 13.2 Å². The van der Waals surface area contributed by atoms with Gasteiger partial charge < -0.3 is 10.2 Å². The molecular formula is C19H27ClN2O3S. The van der Waals surface area contributed by atoms with E-state index in [2.05, 4.69) is 5.32 Å². The van der Waals surface area contributed by atoms with Crippen LogP contribution in [0.3, 0.4) is 0 Å². The maximum Gasteiger partial charge on any atom is 0.244 e. The van der Waals surface area contributed by atoms with Gasteiger partial charge in [0.2, 0.25) is 5.91 Å². The third kappa shape index (κ3) is 4.41. The van der Waals surface area contributed by atoms with Crippen LogP contribution in [0.1, 0.15) is 31.2 Å². The van der Waals surface area contributed by atoms with Gasteiger partial charge in [-0.1, -0.05) is 23.7 Å². The number of amides is 1. The van der Waals surface area contributed by atoms with Gasteiger partial charge in [-0.05, 0) is 68.8 Å². The van der Waals surface area contributed by atoms with Gasteiger partial charge in [-0.25, -0.2) is 8.42 Å². The highest BCUT2D eigenvalue weighted by molar-refractivity contribution is 7.92. The molecule has 0 bridgehead atoms. The molecule has 2 aliphatic rings. The van der Waals surface area contributed by atoms with E-state index in [-0.39, 0.29) is 5.91 Å². The third-order valence-corrected chi connectivity index (χ3v) is 7.81. The van der Waals surface area contributed by atoms with Crippen molar-refractivity contribution >= 4 is 27.3 Å². The quantitative estimate of drug-likeness (QED) is 0.765. The average Bonchev–Trinajstić information content (AvgIpc) is 3.43. The predicted octanol–water partition coefficient (Wildman–Crippen LogP) is 2.29. The van der Waals surface area contributed by atoms with Crippen molar-refractivity contribution in [2.75, 3.05) is 32.4 Å². The van der Waals surface area contributed by atoms with Crippen LogP contribution in [0.25, 0.3) is 0 Å². The Morgan fingerprint density at radius 2 is 1.85 bits per heavy atom. The lowest BCUT2D eigenvalue weighted by molar-refractivity contribution is -0.135. The summed E-state index contributed by atoms with van der Waals surface area (Å²) in [7, 11) is -3.48. The maximum absolute atomic E-state index is 13.4. The number of carbonyl (C=O) groups is 1. The number of nitrogens with one attached hydrogen (secondary N) is 1. The molecule has 144 valence electrons. The third-order valence-electron chi connectivity index (χ3n) is 5.56. The van der Waals surface area contributed by atoms with Crippen LogP contribution >= 0.6 is 11.6 Å². The summed E-state index contributed by atoms with van der Waals surface area (Å²) in [6.45, 7) is 2.33. The standard InChI is InChI=1S/C19H27ClN2O3S/c1-26(24,25)19(9-11-21-12-10-19)18(23)22(14-16-2-3-16)13-8-15-4-6-17(20)7-5-15/h4-7,16,21H,2-3,8-14H2,1H3. The second kappa shape index (κ2) is 7.87. The number of rotatable bonds is 7. The van der Waals surface area contributed by atoms with E-state index in [1.54, 1.807) is 4.90 Å². The number of sulfone groups is 1. The minimum absolute atomic E-state index is 0.206. The van der Waals surface area contributed by atoms with Gasteiger partial charge in [0, 0.05) is 24.4 Å². The van der Waals surface area contributed by atoms with Gasteiger partial charge in [0.05, 0.1) is 0 Å². The average molecular weight is 399 g/mol. The lowest BCUT2D eigenvalue weighted by Gasteiger charge is -2.38. The van der Waals surface area contributed by atoms with Crippen LogP contribution in [0, 0.1) is 5.92 Å². The molecule has 1 heterocycles. The fourth-order valence-electron chi connectivity index (χ4n) is 3.67. The van der Waals surface area contributed by atoms with Crippen molar-refractivity contribution in [2.24, 2.45) is 5.92 Å². The molecule has 0 aromatic heterocycles. The summed E-state index contributed by atoms with van der Waals surface area (Å²) in [5, 5.41) is 3.86. The Balaban J connectivity index is 1.78. The minimum Gasteiger partial charge on any atom is -0.341 e. The predicted molar refractivity (Wildman–Crippen MR) is 104 cm³/mol. The van der Waals surface area contributed by atoms with Gasteiger partial charge in [0.15, 0.2) is 14.6 Å². The van der Waals surface area contributed by atoms with Gasteiger partial charge in [0.25, 0.3) is 0 Å². The number of hydrogen-bond acceptors (Lipinski definition) is 4. The number of carbonyl (C=O) groups excluding carboxylic acids is 1. The molecule has 5 nitrogen and oxygen atoms in total. The zero-order valence-corrected chi connectivity index (χ0v) is 16.8. The Labute approximate surface area is 161 Å². The molecule has 0 unspecified atom stereocenters. The van der Waals surface area contributed by atoms with Crippen LogP contribution < -0.4 is 5.32 Å². The van der Waals surface area contributed by atoms with E-state index in [9.17, 15) is 13.2 Å². The second-order valence-electron chi connectivity index (χ2n) is 7.59. The van der Waals surface area contributed by atoms with Crippen LogP contribution in [0.15, 0.2) is 24.3 Å². The number of piperidine rings is 1. The van der Waals surface area contributed by atoms with Crippen molar-refractivity contribution in [3.8, 4) is 0 Å². The second-order valence-corrected chi connectivity index (χ2v) is 10.3. The fourth-order valence-corrected chi connectivity index (χ4v) is 5.18. The largest absolute Gasteiger partial charge is 0.341 e. The molecule has 1 aromatic rings. The molecule has 1 amide bonds. The van der Waals surface area contributed by atoms with Gasteiger partial charge in [-0.15, -0.1) is 0 Å². The Morgan fingerprint density at radius 1 is 1.23 bits per heavy atom. The zero-order valence-electron chi connectivity index (χ0n) is 15.2. The van der Waals surface area contributed by atoms with Crippen molar-refractivity contribution in [3.63, 3.8) is 0 Å². The zero-order chi connectivity index (χ0) is 18.8. The van der Waals surface area contributed by atoms with E-state index in [0.29, 0.717) is 56.4 Å². The topological polar surface area (TPSA) is 66.5 Å². The molecule has 1 N–H and O–H groups in total. The molecule has 0 radical (unpaired) electrons. The summed E-state index contributed by atoms with van der Waals surface area (Å²) in [4.78, 5) is 15.2. The van der Waals surface area contributed by atoms with Crippen LogP contribution in [0.5, 0.6) is 0 Å². The molecule has 0 spiro atoms. The molecule has 1 aliphatic heterocycles.